The summed E-state index contributed by atoms with van der Waals surface area (Å²) in [5, 5.41) is 0. The molecule has 0 heterocycles. The van der Waals surface area contributed by atoms with Gasteiger partial charge in [-0.1, -0.05) is 31.2 Å². The molecule has 2 nitrogen and oxygen atoms in total. The van der Waals surface area contributed by atoms with E-state index in [4.69, 9.17) is 0 Å². The highest BCUT2D eigenvalue weighted by Gasteiger charge is 1.93. The summed E-state index contributed by atoms with van der Waals surface area (Å²) in [6.45, 7) is 4.75. The number of allylic oxidation sites excluding steroid dienone is 4. The molecular weight excluding hydrogens is 163 g/mol. The molecule has 0 saturated carbocycles. The molecule has 0 rings (SSSR count). The number of hydrogen-bond donors (Lipinski definition) is 0. The van der Waals surface area contributed by atoms with Gasteiger partial charge in [0.25, 0.3) is 6.47 Å². The highest BCUT2D eigenvalue weighted by Crippen LogP contribution is 2.03. The average molecular weight is 178 g/mol. The second kappa shape index (κ2) is 7.41. The minimum absolute atomic E-state index is 0.347. The Kier molecular flexibility index (Phi) is 6.70. The molecule has 0 radical (unpaired) electrons. The van der Waals surface area contributed by atoms with Gasteiger partial charge < -0.3 is 4.74 Å². The number of carbonyl (C=O) groups excluding carboxylic acids is 1. The zero-order chi connectivity index (χ0) is 10.1. The molecular formula is C10H15BO2. The van der Waals surface area contributed by atoms with Crippen LogP contribution in [0.4, 0.5) is 0 Å². The molecule has 0 atom stereocenters. The Bertz CT molecular complexity index is 235. The molecule has 0 aliphatic heterocycles. The van der Waals surface area contributed by atoms with Gasteiger partial charge in [0.15, 0.2) is 0 Å². The maximum Gasteiger partial charge on any atom is 0.293 e. The zero-order valence-electron chi connectivity index (χ0n) is 8.41. The van der Waals surface area contributed by atoms with Crippen LogP contribution in [0.5, 0.6) is 0 Å². The first-order valence-electron chi connectivity index (χ1n) is 4.23. The molecule has 0 fully saturated rings. The van der Waals surface area contributed by atoms with E-state index in [1.807, 2.05) is 46.0 Å². The first kappa shape index (κ1) is 11.8. The lowest BCUT2D eigenvalue weighted by atomic mass is 9.92. The van der Waals surface area contributed by atoms with E-state index < -0.39 is 0 Å². The Morgan fingerprint density at radius 1 is 1.46 bits per heavy atom. The fourth-order valence-corrected chi connectivity index (χ4v) is 0.766. The summed E-state index contributed by atoms with van der Waals surface area (Å²) >= 11 is 0. The van der Waals surface area contributed by atoms with Crippen molar-refractivity contribution in [2.75, 3.05) is 6.61 Å². The van der Waals surface area contributed by atoms with Gasteiger partial charge in [0, 0.05) is 0 Å². The third-order valence-corrected chi connectivity index (χ3v) is 1.55. The molecule has 0 saturated heterocycles. The molecule has 70 valence electrons. The number of ether oxygens (including phenoxy) is 1. The van der Waals surface area contributed by atoms with Crippen LogP contribution in [0, 0.1) is 0 Å². The van der Waals surface area contributed by atoms with Crippen molar-refractivity contribution in [3.05, 3.63) is 35.3 Å². The first-order chi connectivity index (χ1) is 6.22. The van der Waals surface area contributed by atoms with Crippen LogP contribution >= 0.6 is 0 Å². The van der Waals surface area contributed by atoms with Gasteiger partial charge >= 0.3 is 0 Å². The molecule has 0 spiro atoms. The van der Waals surface area contributed by atoms with E-state index in [0.717, 1.165) is 11.0 Å². The van der Waals surface area contributed by atoms with Crippen LogP contribution in [0.25, 0.3) is 0 Å². The second-order valence-corrected chi connectivity index (χ2v) is 2.82. The summed E-state index contributed by atoms with van der Waals surface area (Å²) in [5.41, 5.74) is 2.19. The Morgan fingerprint density at radius 3 is 2.62 bits per heavy atom. The molecule has 3 heteroatoms. The third-order valence-electron chi connectivity index (χ3n) is 1.55. The van der Waals surface area contributed by atoms with Crippen molar-refractivity contribution in [2.45, 2.75) is 13.8 Å². The maximum absolute atomic E-state index is 9.98. The lowest BCUT2D eigenvalue weighted by molar-refractivity contribution is -0.127. The van der Waals surface area contributed by atoms with Crippen LogP contribution in [-0.2, 0) is 9.53 Å². The molecule has 0 aliphatic rings. The third kappa shape index (κ3) is 5.97. The largest absolute Gasteiger partial charge is 0.463 e. The van der Waals surface area contributed by atoms with Gasteiger partial charge in [-0.05, 0) is 12.5 Å². The predicted molar refractivity (Wildman–Crippen MR) is 57.2 cm³/mol. The minimum Gasteiger partial charge on any atom is -0.463 e. The Balaban J connectivity index is 4.28. The summed E-state index contributed by atoms with van der Waals surface area (Å²) in [7, 11) is 1.99. The molecule has 0 amide bonds. The first-order valence-corrected chi connectivity index (χ1v) is 4.23. The van der Waals surface area contributed by atoms with E-state index in [1.54, 1.807) is 0 Å². The van der Waals surface area contributed by atoms with E-state index in [2.05, 4.69) is 4.74 Å². The van der Waals surface area contributed by atoms with Gasteiger partial charge in [-0.3, -0.25) is 4.79 Å². The molecule has 0 aromatic carbocycles. The number of hydrogen-bond acceptors (Lipinski definition) is 2. The second-order valence-electron chi connectivity index (χ2n) is 2.82. The van der Waals surface area contributed by atoms with Crippen molar-refractivity contribution in [3.8, 4) is 0 Å². The summed E-state index contributed by atoms with van der Waals surface area (Å²) in [4.78, 5) is 9.98. The Hall–Kier alpha value is -1.25. The molecule has 0 aromatic heterocycles. The zero-order valence-corrected chi connectivity index (χ0v) is 8.41. The van der Waals surface area contributed by atoms with Crippen molar-refractivity contribution in [1.82, 2.24) is 0 Å². The van der Waals surface area contributed by atoms with E-state index >= 15 is 0 Å². The van der Waals surface area contributed by atoms with Gasteiger partial charge in [-0.15, -0.1) is 5.47 Å². The normalized spacial score (nSPS) is 13.4. The van der Waals surface area contributed by atoms with Crippen LogP contribution in [-0.4, -0.2) is 20.9 Å². The summed E-state index contributed by atoms with van der Waals surface area (Å²) in [5.74, 6) is 0. The number of carbonyl (C=O) groups is 1. The van der Waals surface area contributed by atoms with Crippen LogP contribution in [0.1, 0.15) is 13.8 Å². The maximum atomic E-state index is 9.98. The smallest absolute Gasteiger partial charge is 0.293 e. The lowest BCUT2D eigenvalue weighted by Crippen LogP contribution is -1.97. The quantitative estimate of drug-likeness (QED) is 0.359. The van der Waals surface area contributed by atoms with Gasteiger partial charge in [-0.25, -0.2) is 0 Å². The Labute approximate surface area is 80.4 Å². The summed E-state index contributed by atoms with van der Waals surface area (Å²) in [6, 6.07) is 0. The molecule has 0 aliphatic carbocycles. The monoisotopic (exact) mass is 178 g/mol. The lowest BCUT2D eigenvalue weighted by Gasteiger charge is -2.02. The fraction of sp³-hybridized carbons (Fsp3) is 0.300. The molecule has 0 unspecified atom stereocenters. The van der Waals surface area contributed by atoms with Crippen molar-refractivity contribution in [2.24, 2.45) is 0 Å². The fourth-order valence-electron chi connectivity index (χ4n) is 0.766. The SMILES string of the molecule is B/C(C)=C(/C=C\C=C/C)COC=O. The van der Waals surface area contributed by atoms with Crippen LogP contribution in [0.2, 0.25) is 0 Å². The van der Waals surface area contributed by atoms with Gasteiger partial charge in [-0.2, -0.15) is 0 Å². The predicted octanol–water partition coefficient (Wildman–Crippen LogP) is 1.20. The van der Waals surface area contributed by atoms with Crippen LogP contribution in [0.15, 0.2) is 35.3 Å². The molecule has 0 aromatic rings. The minimum atomic E-state index is 0.347. The topological polar surface area (TPSA) is 26.3 Å². The molecule has 0 N–H and O–H groups in total. The summed E-state index contributed by atoms with van der Waals surface area (Å²) < 4.78 is 4.67. The van der Waals surface area contributed by atoms with E-state index in [9.17, 15) is 4.79 Å². The van der Waals surface area contributed by atoms with Crippen molar-refractivity contribution in [3.63, 3.8) is 0 Å². The van der Waals surface area contributed by atoms with Gasteiger partial charge in [0.2, 0.25) is 0 Å². The highest BCUT2D eigenvalue weighted by molar-refractivity contribution is 6.21. The van der Waals surface area contributed by atoms with E-state index in [1.165, 1.54) is 0 Å². The standard InChI is InChI=1S/C10H15BO2/c1-3-4-5-6-10(9(2)11)7-13-8-12/h3-6,8H,7,11H2,1-2H3/b4-3-,6-5-,10-9-. The van der Waals surface area contributed by atoms with E-state index in [-0.39, 0.29) is 0 Å². The van der Waals surface area contributed by atoms with Gasteiger partial charge in [0.05, 0.1) is 0 Å². The van der Waals surface area contributed by atoms with Crippen molar-refractivity contribution < 1.29 is 9.53 Å². The molecule has 0 bridgehead atoms. The molecule has 13 heavy (non-hydrogen) atoms. The Morgan fingerprint density at radius 2 is 2.15 bits per heavy atom. The van der Waals surface area contributed by atoms with Crippen LogP contribution < -0.4 is 0 Å². The summed E-state index contributed by atoms with van der Waals surface area (Å²) in [6.07, 6.45) is 7.75. The van der Waals surface area contributed by atoms with Gasteiger partial charge in [0.1, 0.15) is 14.5 Å². The van der Waals surface area contributed by atoms with Crippen molar-refractivity contribution in [1.29, 1.82) is 0 Å². The highest BCUT2D eigenvalue weighted by atomic mass is 16.5. The van der Waals surface area contributed by atoms with Crippen LogP contribution in [0.3, 0.4) is 0 Å². The van der Waals surface area contributed by atoms with E-state index in [0.29, 0.717) is 13.1 Å². The number of rotatable bonds is 5. The average Bonchev–Trinajstić information content (AvgIpc) is 2.10. The van der Waals surface area contributed by atoms with Crippen molar-refractivity contribution >= 4 is 14.3 Å².